The molecule has 4 N–H and O–H groups in total. The van der Waals surface area contributed by atoms with E-state index in [2.05, 4.69) is 10.3 Å². The number of carbonyl (C=O) groups is 2. The van der Waals surface area contributed by atoms with Crippen LogP contribution in [0.2, 0.25) is 0 Å². The molecule has 0 spiro atoms. The van der Waals surface area contributed by atoms with Crippen molar-refractivity contribution >= 4 is 11.9 Å². The number of rotatable bonds is 6. The molecule has 1 amide bonds. The fourth-order valence-corrected chi connectivity index (χ4v) is 2.11. The van der Waals surface area contributed by atoms with Gasteiger partial charge in [0.25, 0.3) is 0 Å². The van der Waals surface area contributed by atoms with E-state index in [1.165, 1.54) is 12.5 Å². The zero-order chi connectivity index (χ0) is 13.9. The topological polar surface area (TPSA) is 110 Å². The SMILES string of the molecule is NC1(CC(=O)NCCn2cnc(C(=O)O)c2)CCC1. The van der Waals surface area contributed by atoms with Gasteiger partial charge in [-0.25, -0.2) is 9.78 Å². The summed E-state index contributed by atoms with van der Waals surface area (Å²) < 4.78 is 1.63. The fraction of sp³-hybridized carbons (Fsp3) is 0.583. The highest BCUT2D eigenvalue weighted by molar-refractivity contribution is 5.84. The Hall–Kier alpha value is -1.89. The van der Waals surface area contributed by atoms with Crippen LogP contribution in [0.5, 0.6) is 0 Å². The van der Waals surface area contributed by atoms with Crippen LogP contribution >= 0.6 is 0 Å². The third-order valence-corrected chi connectivity index (χ3v) is 3.41. The molecule has 0 saturated heterocycles. The Morgan fingerprint density at radius 2 is 2.26 bits per heavy atom. The van der Waals surface area contributed by atoms with Gasteiger partial charge in [-0.15, -0.1) is 0 Å². The first-order valence-corrected chi connectivity index (χ1v) is 6.29. The van der Waals surface area contributed by atoms with Crippen LogP contribution in [0.25, 0.3) is 0 Å². The molecule has 19 heavy (non-hydrogen) atoms. The van der Waals surface area contributed by atoms with Crippen molar-refractivity contribution in [2.75, 3.05) is 6.54 Å². The predicted octanol–water partition coefficient (Wildman–Crippen LogP) is -0.0310. The van der Waals surface area contributed by atoms with Crippen molar-refractivity contribution in [2.45, 2.75) is 37.8 Å². The van der Waals surface area contributed by atoms with Gasteiger partial charge in [-0.3, -0.25) is 4.79 Å². The van der Waals surface area contributed by atoms with Gasteiger partial charge in [0, 0.05) is 31.2 Å². The van der Waals surface area contributed by atoms with Crippen LogP contribution in [0.3, 0.4) is 0 Å². The monoisotopic (exact) mass is 266 g/mol. The number of amides is 1. The number of aromatic carboxylic acids is 1. The second-order valence-corrected chi connectivity index (χ2v) is 5.04. The number of carbonyl (C=O) groups excluding carboxylic acids is 1. The van der Waals surface area contributed by atoms with E-state index < -0.39 is 5.97 Å². The van der Waals surface area contributed by atoms with E-state index in [0.29, 0.717) is 19.5 Å². The first kappa shape index (κ1) is 13.5. The van der Waals surface area contributed by atoms with E-state index in [4.69, 9.17) is 10.8 Å². The molecule has 7 nitrogen and oxygen atoms in total. The lowest BCUT2D eigenvalue weighted by molar-refractivity contribution is -0.123. The van der Waals surface area contributed by atoms with E-state index in [1.807, 2.05) is 0 Å². The molecule has 0 atom stereocenters. The van der Waals surface area contributed by atoms with Gasteiger partial charge in [0.15, 0.2) is 5.69 Å². The standard InChI is InChI=1S/C12H18N4O3/c13-12(2-1-3-12)6-10(17)14-4-5-16-7-9(11(18)19)15-8-16/h7-8H,1-6,13H2,(H,14,17)(H,18,19). The van der Waals surface area contributed by atoms with Crippen molar-refractivity contribution < 1.29 is 14.7 Å². The summed E-state index contributed by atoms with van der Waals surface area (Å²) in [6.45, 7) is 0.925. The van der Waals surface area contributed by atoms with Gasteiger partial charge >= 0.3 is 5.97 Å². The minimum absolute atomic E-state index is 0.00158. The summed E-state index contributed by atoms with van der Waals surface area (Å²) >= 11 is 0. The molecule has 0 radical (unpaired) electrons. The van der Waals surface area contributed by atoms with Crippen LogP contribution in [0.15, 0.2) is 12.5 Å². The van der Waals surface area contributed by atoms with Crippen LogP contribution in [-0.4, -0.2) is 38.6 Å². The van der Waals surface area contributed by atoms with Crippen molar-refractivity contribution in [2.24, 2.45) is 5.73 Å². The third-order valence-electron chi connectivity index (χ3n) is 3.41. The van der Waals surface area contributed by atoms with Crippen molar-refractivity contribution in [1.82, 2.24) is 14.9 Å². The maximum Gasteiger partial charge on any atom is 0.356 e. The molecule has 7 heteroatoms. The fourth-order valence-electron chi connectivity index (χ4n) is 2.11. The Morgan fingerprint density at radius 3 is 2.79 bits per heavy atom. The Balaban J connectivity index is 1.70. The first-order valence-electron chi connectivity index (χ1n) is 6.29. The minimum Gasteiger partial charge on any atom is -0.476 e. The summed E-state index contributed by atoms with van der Waals surface area (Å²) in [5, 5.41) is 11.5. The molecule has 1 aromatic rings. The molecule has 0 aromatic carbocycles. The number of nitrogens with two attached hydrogens (primary N) is 1. The Kier molecular flexibility index (Phi) is 3.84. The number of nitrogens with one attached hydrogen (secondary N) is 1. The lowest BCUT2D eigenvalue weighted by Gasteiger charge is -2.37. The molecule has 0 bridgehead atoms. The Bertz CT molecular complexity index is 479. The van der Waals surface area contributed by atoms with E-state index in [-0.39, 0.29) is 17.1 Å². The predicted molar refractivity (Wildman–Crippen MR) is 67.6 cm³/mol. The van der Waals surface area contributed by atoms with Crippen molar-refractivity contribution in [1.29, 1.82) is 0 Å². The molecule has 2 rings (SSSR count). The quantitative estimate of drug-likeness (QED) is 0.669. The van der Waals surface area contributed by atoms with Gasteiger partial charge in [-0.05, 0) is 19.3 Å². The molecule has 0 aliphatic heterocycles. The van der Waals surface area contributed by atoms with Gasteiger partial charge in [0.2, 0.25) is 5.91 Å². The highest BCUT2D eigenvalue weighted by Crippen LogP contribution is 2.31. The van der Waals surface area contributed by atoms with Crippen molar-refractivity contribution in [3.05, 3.63) is 18.2 Å². The maximum absolute atomic E-state index is 11.6. The molecule has 1 aliphatic carbocycles. The van der Waals surface area contributed by atoms with Crippen LogP contribution in [0.4, 0.5) is 0 Å². The number of aromatic nitrogens is 2. The second kappa shape index (κ2) is 5.40. The van der Waals surface area contributed by atoms with Gasteiger partial charge in [-0.2, -0.15) is 0 Å². The van der Waals surface area contributed by atoms with Crippen LogP contribution in [0.1, 0.15) is 36.2 Å². The largest absolute Gasteiger partial charge is 0.476 e. The van der Waals surface area contributed by atoms with Gasteiger partial charge in [0.1, 0.15) is 0 Å². The van der Waals surface area contributed by atoms with Gasteiger partial charge in [-0.1, -0.05) is 0 Å². The Morgan fingerprint density at radius 1 is 1.53 bits per heavy atom. The van der Waals surface area contributed by atoms with Crippen LogP contribution < -0.4 is 11.1 Å². The summed E-state index contributed by atoms with van der Waals surface area (Å²) in [6, 6.07) is 0. The summed E-state index contributed by atoms with van der Waals surface area (Å²) in [7, 11) is 0. The number of hydrogen-bond donors (Lipinski definition) is 3. The maximum atomic E-state index is 11.6. The van der Waals surface area contributed by atoms with Crippen molar-refractivity contribution in [3.8, 4) is 0 Å². The molecule has 104 valence electrons. The van der Waals surface area contributed by atoms with Gasteiger partial charge in [0.05, 0.1) is 6.33 Å². The smallest absolute Gasteiger partial charge is 0.356 e. The number of hydrogen-bond acceptors (Lipinski definition) is 4. The van der Waals surface area contributed by atoms with E-state index in [9.17, 15) is 9.59 Å². The van der Waals surface area contributed by atoms with E-state index in [0.717, 1.165) is 19.3 Å². The average Bonchev–Trinajstić information content (AvgIpc) is 2.76. The molecule has 1 aromatic heterocycles. The minimum atomic E-state index is -1.06. The lowest BCUT2D eigenvalue weighted by Crippen LogP contribution is -2.50. The second-order valence-electron chi connectivity index (χ2n) is 5.04. The highest BCUT2D eigenvalue weighted by atomic mass is 16.4. The third kappa shape index (κ3) is 3.54. The van der Waals surface area contributed by atoms with Crippen LogP contribution in [0, 0.1) is 0 Å². The lowest BCUT2D eigenvalue weighted by atomic mass is 9.75. The van der Waals surface area contributed by atoms with Gasteiger partial charge < -0.3 is 20.7 Å². The molecule has 1 saturated carbocycles. The zero-order valence-corrected chi connectivity index (χ0v) is 10.6. The number of carboxylic acids is 1. The summed E-state index contributed by atoms with van der Waals surface area (Å²) in [6.07, 6.45) is 6.14. The number of imidazole rings is 1. The zero-order valence-electron chi connectivity index (χ0n) is 10.6. The molecule has 1 fully saturated rings. The number of nitrogens with zero attached hydrogens (tertiary/aromatic N) is 2. The Labute approximate surface area is 110 Å². The average molecular weight is 266 g/mol. The first-order chi connectivity index (χ1) is 8.98. The normalized spacial score (nSPS) is 16.7. The van der Waals surface area contributed by atoms with Crippen molar-refractivity contribution in [3.63, 3.8) is 0 Å². The number of carboxylic acid groups (broad SMARTS) is 1. The summed E-state index contributed by atoms with van der Waals surface area (Å²) in [5.41, 5.74) is 5.67. The molecule has 1 aliphatic rings. The molecule has 0 unspecified atom stereocenters. The molecular weight excluding hydrogens is 248 g/mol. The summed E-state index contributed by atoms with van der Waals surface area (Å²) in [5.74, 6) is -1.11. The summed E-state index contributed by atoms with van der Waals surface area (Å²) in [4.78, 5) is 26.0. The molecule has 1 heterocycles. The van der Waals surface area contributed by atoms with E-state index in [1.54, 1.807) is 4.57 Å². The van der Waals surface area contributed by atoms with Crippen LogP contribution in [-0.2, 0) is 11.3 Å². The molecular formula is C12H18N4O3. The van der Waals surface area contributed by atoms with E-state index >= 15 is 0 Å². The highest BCUT2D eigenvalue weighted by Gasteiger charge is 2.34.